The Morgan fingerprint density at radius 1 is 1.24 bits per heavy atom. The maximum atomic E-state index is 13.0. The molecule has 29 heavy (non-hydrogen) atoms. The van der Waals surface area contributed by atoms with Gasteiger partial charge in [-0.3, -0.25) is 14.5 Å². The zero-order valence-electron chi connectivity index (χ0n) is 15.4. The van der Waals surface area contributed by atoms with Gasteiger partial charge in [0.2, 0.25) is 5.78 Å². The molecule has 1 atom stereocenters. The minimum atomic E-state index is -1.04. The van der Waals surface area contributed by atoms with Crippen LogP contribution >= 0.6 is 0 Å². The summed E-state index contributed by atoms with van der Waals surface area (Å²) in [4.78, 5) is 27.1. The average molecular weight is 396 g/mol. The number of Topliss-reactive ketones (excluding diaryl/α,β-unsaturated/α-hetero) is 1. The summed E-state index contributed by atoms with van der Waals surface area (Å²) in [5.41, 5.74) is 0.228. The molecule has 9 nitrogen and oxygen atoms in total. The molecular formula is C20H16N2O7. The first-order valence-corrected chi connectivity index (χ1v) is 8.57. The lowest BCUT2D eigenvalue weighted by Gasteiger charge is -2.24. The van der Waals surface area contributed by atoms with Crippen LogP contribution in [0.1, 0.15) is 27.9 Å². The third kappa shape index (κ3) is 2.92. The SMILES string of the molecule is COc1cc(C2C(C(=O)c3ccco3)=C(O)C(=O)N2c2cc(C)on2)ccc1O. The van der Waals surface area contributed by atoms with Crippen molar-refractivity contribution < 1.29 is 33.5 Å². The topological polar surface area (TPSA) is 126 Å². The lowest BCUT2D eigenvalue weighted by atomic mass is 9.94. The van der Waals surface area contributed by atoms with E-state index >= 15 is 0 Å². The first-order valence-electron chi connectivity index (χ1n) is 8.57. The smallest absolute Gasteiger partial charge is 0.295 e. The number of aliphatic hydroxyl groups is 1. The Kier molecular flexibility index (Phi) is 4.34. The summed E-state index contributed by atoms with van der Waals surface area (Å²) in [6.45, 7) is 1.65. The predicted octanol–water partition coefficient (Wildman–Crippen LogP) is 3.07. The number of benzene rings is 1. The molecule has 9 heteroatoms. The van der Waals surface area contributed by atoms with Crippen molar-refractivity contribution >= 4 is 17.5 Å². The van der Waals surface area contributed by atoms with E-state index < -0.39 is 23.5 Å². The fraction of sp³-hybridized carbons (Fsp3) is 0.150. The van der Waals surface area contributed by atoms with Gasteiger partial charge in [-0.1, -0.05) is 11.2 Å². The number of ketones is 1. The third-order valence-corrected chi connectivity index (χ3v) is 4.58. The highest BCUT2D eigenvalue weighted by atomic mass is 16.5. The fourth-order valence-electron chi connectivity index (χ4n) is 3.26. The van der Waals surface area contributed by atoms with Crippen molar-refractivity contribution in [2.45, 2.75) is 13.0 Å². The van der Waals surface area contributed by atoms with E-state index in [4.69, 9.17) is 13.7 Å². The number of phenols is 1. The number of carbonyl (C=O) groups excluding carboxylic acids is 2. The summed E-state index contributed by atoms with van der Waals surface area (Å²) in [7, 11) is 1.37. The second-order valence-corrected chi connectivity index (χ2v) is 6.37. The second kappa shape index (κ2) is 6.86. The molecule has 148 valence electrons. The first kappa shape index (κ1) is 18.4. The molecule has 2 N–H and O–H groups in total. The van der Waals surface area contributed by atoms with Crippen LogP contribution in [-0.2, 0) is 4.79 Å². The molecule has 1 unspecified atom stereocenters. The van der Waals surface area contributed by atoms with Gasteiger partial charge in [0.05, 0.1) is 25.0 Å². The Morgan fingerprint density at radius 2 is 2.03 bits per heavy atom. The average Bonchev–Trinajstić information content (AvgIpc) is 3.43. The number of hydrogen-bond acceptors (Lipinski definition) is 8. The van der Waals surface area contributed by atoms with Gasteiger partial charge in [-0.2, -0.15) is 0 Å². The van der Waals surface area contributed by atoms with Gasteiger partial charge in [-0.25, -0.2) is 0 Å². The number of ether oxygens (including phenoxy) is 1. The molecule has 0 aliphatic carbocycles. The van der Waals surface area contributed by atoms with E-state index in [0.717, 1.165) is 4.90 Å². The Balaban J connectivity index is 1.90. The van der Waals surface area contributed by atoms with E-state index in [9.17, 15) is 19.8 Å². The number of aromatic hydroxyl groups is 1. The van der Waals surface area contributed by atoms with E-state index in [0.29, 0.717) is 11.3 Å². The molecule has 0 radical (unpaired) electrons. The van der Waals surface area contributed by atoms with E-state index in [-0.39, 0.29) is 28.7 Å². The standard InChI is InChI=1S/C20H16N2O7/c1-10-8-15(21-29-10)22-17(11-5-6-12(23)14(9-11)27-2)16(19(25)20(22)26)18(24)13-4-3-7-28-13/h3-9,17,23,25H,1-2H3. The summed E-state index contributed by atoms with van der Waals surface area (Å²) in [6, 6.07) is 7.79. The number of anilines is 1. The summed E-state index contributed by atoms with van der Waals surface area (Å²) < 4.78 is 15.4. The van der Waals surface area contributed by atoms with Crippen LogP contribution in [0.2, 0.25) is 0 Å². The van der Waals surface area contributed by atoms with Crippen molar-refractivity contribution in [3.05, 3.63) is 71.1 Å². The molecule has 1 aliphatic rings. The molecule has 0 bridgehead atoms. The molecule has 2 aromatic heterocycles. The summed E-state index contributed by atoms with van der Waals surface area (Å²) in [5.74, 6) is -1.62. The molecule has 4 rings (SSSR count). The van der Waals surface area contributed by atoms with Crippen molar-refractivity contribution in [1.82, 2.24) is 5.16 Å². The summed E-state index contributed by atoms with van der Waals surface area (Å²) >= 11 is 0. The Labute approximate surface area is 164 Å². The number of nitrogens with zero attached hydrogens (tertiary/aromatic N) is 2. The number of methoxy groups -OCH3 is 1. The van der Waals surface area contributed by atoms with Crippen molar-refractivity contribution in [1.29, 1.82) is 0 Å². The van der Waals surface area contributed by atoms with E-state index in [1.165, 1.54) is 49.8 Å². The quantitative estimate of drug-likeness (QED) is 0.630. The number of amides is 1. The molecule has 0 fully saturated rings. The number of furan rings is 1. The number of phenolic OH excluding ortho intramolecular Hbond substituents is 1. The number of aryl methyl sites for hydroxylation is 1. The zero-order valence-corrected chi connectivity index (χ0v) is 15.4. The van der Waals surface area contributed by atoms with Crippen LogP contribution in [0.3, 0.4) is 0 Å². The van der Waals surface area contributed by atoms with Gasteiger partial charge in [-0.15, -0.1) is 0 Å². The van der Waals surface area contributed by atoms with Crippen LogP contribution in [0.4, 0.5) is 5.82 Å². The molecule has 1 aromatic carbocycles. The van der Waals surface area contributed by atoms with Crippen LogP contribution < -0.4 is 9.64 Å². The lowest BCUT2D eigenvalue weighted by molar-refractivity contribution is -0.117. The lowest BCUT2D eigenvalue weighted by Crippen LogP contribution is -2.31. The molecule has 3 heterocycles. The third-order valence-electron chi connectivity index (χ3n) is 4.58. The Hall–Kier alpha value is -4.01. The number of carbonyl (C=O) groups is 2. The monoisotopic (exact) mass is 396 g/mol. The van der Waals surface area contributed by atoms with Gasteiger partial charge in [0.25, 0.3) is 5.91 Å². The summed E-state index contributed by atoms with van der Waals surface area (Å²) in [6.07, 6.45) is 1.32. The van der Waals surface area contributed by atoms with E-state index in [2.05, 4.69) is 5.16 Å². The normalized spacial score (nSPS) is 16.6. The summed E-state index contributed by atoms with van der Waals surface area (Å²) in [5, 5.41) is 24.3. The zero-order chi connectivity index (χ0) is 20.7. The molecule has 3 aromatic rings. The van der Waals surface area contributed by atoms with Gasteiger partial charge in [-0.05, 0) is 36.8 Å². The fourth-order valence-corrected chi connectivity index (χ4v) is 3.26. The number of aromatic nitrogens is 1. The number of aliphatic hydroxyl groups excluding tert-OH is 1. The van der Waals surface area contributed by atoms with Crippen molar-refractivity contribution in [3.63, 3.8) is 0 Å². The van der Waals surface area contributed by atoms with Crippen molar-refractivity contribution in [2.24, 2.45) is 0 Å². The van der Waals surface area contributed by atoms with Crippen LogP contribution in [0.5, 0.6) is 11.5 Å². The van der Waals surface area contributed by atoms with Crippen LogP contribution in [0.25, 0.3) is 0 Å². The molecule has 1 amide bonds. The van der Waals surface area contributed by atoms with Crippen LogP contribution in [-0.4, -0.2) is 34.2 Å². The Bertz CT molecular complexity index is 1130. The highest BCUT2D eigenvalue weighted by Gasteiger charge is 2.46. The largest absolute Gasteiger partial charge is 0.504 e. The van der Waals surface area contributed by atoms with Crippen LogP contribution in [0.15, 0.2) is 62.9 Å². The van der Waals surface area contributed by atoms with Gasteiger partial charge in [0, 0.05) is 6.07 Å². The van der Waals surface area contributed by atoms with E-state index in [1.54, 1.807) is 6.92 Å². The number of hydrogen-bond donors (Lipinski definition) is 2. The number of rotatable bonds is 5. The highest BCUT2D eigenvalue weighted by molar-refractivity contribution is 6.19. The van der Waals surface area contributed by atoms with Gasteiger partial charge in [0.15, 0.2) is 28.8 Å². The maximum Gasteiger partial charge on any atom is 0.295 e. The second-order valence-electron chi connectivity index (χ2n) is 6.37. The molecule has 0 spiro atoms. The van der Waals surface area contributed by atoms with Crippen molar-refractivity contribution in [3.8, 4) is 11.5 Å². The molecule has 1 aliphatic heterocycles. The minimum Gasteiger partial charge on any atom is -0.504 e. The minimum absolute atomic E-state index is 0.0340. The highest BCUT2D eigenvalue weighted by Crippen LogP contribution is 2.43. The van der Waals surface area contributed by atoms with Crippen LogP contribution in [0, 0.1) is 6.92 Å². The van der Waals surface area contributed by atoms with E-state index in [1.807, 2.05) is 0 Å². The molecule has 0 saturated carbocycles. The predicted molar refractivity (Wildman–Crippen MR) is 98.8 cm³/mol. The first-order chi connectivity index (χ1) is 13.9. The van der Waals surface area contributed by atoms with Gasteiger partial charge < -0.3 is 23.9 Å². The molecular weight excluding hydrogens is 380 g/mol. The van der Waals surface area contributed by atoms with Gasteiger partial charge >= 0.3 is 0 Å². The van der Waals surface area contributed by atoms with Gasteiger partial charge in [0.1, 0.15) is 5.76 Å². The van der Waals surface area contributed by atoms with Crippen molar-refractivity contribution in [2.75, 3.05) is 12.0 Å². The molecule has 0 saturated heterocycles. The Morgan fingerprint density at radius 3 is 2.66 bits per heavy atom. The maximum absolute atomic E-state index is 13.0.